The number of hydrogen-bond acceptors (Lipinski definition) is 3. The van der Waals surface area contributed by atoms with E-state index in [9.17, 15) is 9.59 Å². The average molecular weight is 227 g/mol. The van der Waals surface area contributed by atoms with Crippen LogP contribution in [0.3, 0.4) is 0 Å². The largest absolute Gasteiger partial charge is 0.347 e. The van der Waals surface area contributed by atoms with Gasteiger partial charge in [-0.2, -0.15) is 0 Å². The van der Waals surface area contributed by atoms with Crippen molar-refractivity contribution in [2.75, 3.05) is 40.8 Å². The van der Waals surface area contributed by atoms with Gasteiger partial charge in [0.1, 0.15) is 0 Å². The summed E-state index contributed by atoms with van der Waals surface area (Å²) in [7, 11) is 5.08. The molecule has 1 saturated heterocycles. The molecule has 0 aromatic heterocycles. The highest BCUT2D eigenvalue weighted by atomic mass is 16.2. The molecule has 0 aromatic rings. The molecule has 5 nitrogen and oxygen atoms in total. The standard InChI is InChI=1S/C11H21N3O2/c1-8-5-12-6-9(8)11(16)14(4)7-10(15)13(2)3/h8-9,12H,5-7H2,1-4H3. The van der Waals surface area contributed by atoms with Gasteiger partial charge in [0.05, 0.1) is 12.5 Å². The lowest BCUT2D eigenvalue weighted by Crippen LogP contribution is -2.42. The zero-order chi connectivity index (χ0) is 12.3. The van der Waals surface area contributed by atoms with Gasteiger partial charge in [0.2, 0.25) is 11.8 Å². The van der Waals surface area contributed by atoms with Crippen molar-refractivity contribution in [2.45, 2.75) is 6.92 Å². The van der Waals surface area contributed by atoms with Crippen molar-refractivity contribution >= 4 is 11.8 Å². The molecule has 2 unspecified atom stereocenters. The third-order valence-electron chi connectivity index (χ3n) is 3.08. The lowest BCUT2D eigenvalue weighted by atomic mass is 9.97. The van der Waals surface area contributed by atoms with Crippen LogP contribution in [0, 0.1) is 11.8 Å². The molecule has 0 spiro atoms. The minimum absolute atomic E-state index is 0.0139. The van der Waals surface area contributed by atoms with Crippen molar-refractivity contribution in [2.24, 2.45) is 11.8 Å². The second-order valence-corrected chi connectivity index (χ2v) is 4.72. The Balaban J connectivity index is 2.50. The van der Waals surface area contributed by atoms with E-state index in [-0.39, 0.29) is 24.3 Å². The summed E-state index contributed by atoms with van der Waals surface area (Å²) in [6.45, 7) is 3.82. The summed E-state index contributed by atoms with van der Waals surface area (Å²) in [5, 5.41) is 3.19. The molecule has 0 aliphatic carbocycles. The van der Waals surface area contributed by atoms with Gasteiger partial charge >= 0.3 is 0 Å². The maximum Gasteiger partial charge on any atom is 0.241 e. The molecule has 0 saturated carbocycles. The van der Waals surface area contributed by atoms with E-state index in [2.05, 4.69) is 12.2 Å². The Hall–Kier alpha value is -1.10. The molecule has 1 heterocycles. The summed E-state index contributed by atoms with van der Waals surface area (Å²) in [5.41, 5.74) is 0. The van der Waals surface area contributed by atoms with Gasteiger partial charge in [-0.25, -0.2) is 0 Å². The lowest BCUT2D eigenvalue weighted by molar-refractivity contribution is -0.140. The maximum atomic E-state index is 12.0. The van der Waals surface area contributed by atoms with E-state index in [1.807, 2.05) is 0 Å². The normalized spacial score (nSPS) is 24.2. The van der Waals surface area contributed by atoms with Crippen LogP contribution in [-0.4, -0.2) is 62.4 Å². The monoisotopic (exact) mass is 227 g/mol. The second kappa shape index (κ2) is 5.30. The summed E-state index contributed by atoms with van der Waals surface area (Å²) in [6, 6.07) is 0. The number of carbonyl (C=O) groups excluding carboxylic acids is 2. The lowest BCUT2D eigenvalue weighted by Gasteiger charge is -2.23. The number of nitrogens with zero attached hydrogens (tertiary/aromatic N) is 2. The molecule has 16 heavy (non-hydrogen) atoms. The van der Waals surface area contributed by atoms with Crippen LogP contribution in [0.4, 0.5) is 0 Å². The minimum atomic E-state index is -0.0468. The van der Waals surface area contributed by atoms with E-state index in [1.54, 1.807) is 21.1 Å². The van der Waals surface area contributed by atoms with Crippen LogP contribution < -0.4 is 5.32 Å². The van der Waals surface area contributed by atoms with E-state index in [4.69, 9.17) is 0 Å². The molecule has 2 atom stereocenters. The highest BCUT2D eigenvalue weighted by molar-refractivity contribution is 5.86. The fourth-order valence-corrected chi connectivity index (χ4v) is 1.85. The molecule has 1 rings (SSSR count). The SMILES string of the molecule is CC1CNCC1C(=O)N(C)CC(=O)N(C)C. The average Bonchev–Trinajstić information content (AvgIpc) is 2.62. The Bertz CT molecular complexity index is 278. The van der Waals surface area contributed by atoms with Gasteiger partial charge < -0.3 is 15.1 Å². The smallest absolute Gasteiger partial charge is 0.241 e. The minimum Gasteiger partial charge on any atom is -0.347 e. The zero-order valence-corrected chi connectivity index (χ0v) is 10.5. The van der Waals surface area contributed by atoms with Crippen LogP contribution in [0.2, 0.25) is 0 Å². The predicted molar refractivity (Wildman–Crippen MR) is 61.9 cm³/mol. The molecule has 1 N–H and O–H groups in total. The summed E-state index contributed by atoms with van der Waals surface area (Å²) in [4.78, 5) is 26.5. The molecule has 5 heteroatoms. The Morgan fingerprint density at radius 3 is 2.31 bits per heavy atom. The van der Waals surface area contributed by atoms with Gasteiger partial charge in [0.25, 0.3) is 0 Å². The van der Waals surface area contributed by atoms with Crippen LogP contribution in [0.25, 0.3) is 0 Å². The molecule has 0 aromatic carbocycles. The number of rotatable bonds is 3. The summed E-state index contributed by atoms with van der Waals surface area (Å²) < 4.78 is 0. The Morgan fingerprint density at radius 1 is 1.25 bits per heavy atom. The fourth-order valence-electron chi connectivity index (χ4n) is 1.85. The Labute approximate surface area is 96.8 Å². The maximum absolute atomic E-state index is 12.0. The van der Waals surface area contributed by atoms with Crippen molar-refractivity contribution in [1.29, 1.82) is 0 Å². The molecule has 1 fully saturated rings. The number of nitrogens with one attached hydrogen (secondary N) is 1. The summed E-state index contributed by atoms with van der Waals surface area (Å²) >= 11 is 0. The van der Waals surface area contributed by atoms with Crippen molar-refractivity contribution < 1.29 is 9.59 Å². The molecule has 1 aliphatic heterocycles. The highest BCUT2D eigenvalue weighted by Crippen LogP contribution is 2.17. The molecule has 2 amide bonds. The second-order valence-electron chi connectivity index (χ2n) is 4.72. The van der Waals surface area contributed by atoms with Crippen molar-refractivity contribution in [1.82, 2.24) is 15.1 Å². The van der Waals surface area contributed by atoms with Crippen LogP contribution in [0.1, 0.15) is 6.92 Å². The van der Waals surface area contributed by atoms with E-state index in [0.29, 0.717) is 5.92 Å². The topological polar surface area (TPSA) is 52.7 Å². The number of carbonyl (C=O) groups is 2. The first kappa shape index (κ1) is 13.0. The Morgan fingerprint density at radius 2 is 1.88 bits per heavy atom. The molecule has 0 bridgehead atoms. The van der Waals surface area contributed by atoms with Crippen LogP contribution in [0.5, 0.6) is 0 Å². The first-order chi connectivity index (χ1) is 7.43. The van der Waals surface area contributed by atoms with Gasteiger partial charge in [-0.05, 0) is 12.5 Å². The number of hydrogen-bond donors (Lipinski definition) is 1. The highest BCUT2D eigenvalue weighted by Gasteiger charge is 2.32. The van der Waals surface area contributed by atoms with E-state index < -0.39 is 0 Å². The Kier molecular flexibility index (Phi) is 4.29. The third-order valence-corrected chi connectivity index (χ3v) is 3.08. The van der Waals surface area contributed by atoms with Crippen molar-refractivity contribution in [3.8, 4) is 0 Å². The van der Waals surface area contributed by atoms with E-state index in [1.165, 1.54) is 9.80 Å². The van der Waals surface area contributed by atoms with Gasteiger partial charge in [-0.3, -0.25) is 9.59 Å². The van der Waals surface area contributed by atoms with Crippen LogP contribution >= 0.6 is 0 Å². The molecule has 0 radical (unpaired) electrons. The molecular weight excluding hydrogens is 206 g/mol. The van der Waals surface area contributed by atoms with E-state index in [0.717, 1.165) is 13.1 Å². The van der Waals surface area contributed by atoms with Gasteiger partial charge in [0, 0.05) is 27.7 Å². The summed E-state index contributed by atoms with van der Waals surface area (Å²) in [5.74, 6) is 0.381. The number of amides is 2. The van der Waals surface area contributed by atoms with Crippen LogP contribution in [-0.2, 0) is 9.59 Å². The molecular formula is C11H21N3O2. The molecule has 92 valence electrons. The zero-order valence-electron chi connectivity index (χ0n) is 10.5. The van der Waals surface area contributed by atoms with Crippen LogP contribution in [0.15, 0.2) is 0 Å². The quantitative estimate of drug-likeness (QED) is 0.700. The predicted octanol–water partition coefficient (Wildman–Crippen LogP) is -0.611. The van der Waals surface area contributed by atoms with E-state index >= 15 is 0 Å². The van der Waals surface area contributed by atoms with Gasteiger partial charge in [-0.1, -0.05) is 6.92 Å². The third kappa shape index (κ3) is 2.95. The first-order valence-corrected chi connectivity index (χ1v) is 5.59. The molecule has 1 aliphatic rings. The van der Waals surface area contributed by atoms with Gasteiger partial charge in [0.15, 0.2) is 0 Å². The van der Waals surface area contributed by atoms with Crippen molar-refractivity contribution in [3.63, 3.8) is 0 Å². The summed E-state index contributed by atoms with van der Waals surface area (Å²) in [6.07, 6.45) is 0. The van der Waals surface area contributed by atoms with Crippen molar-refractivity contribution in [3.05, 3.63) is 0 Å². The fraction of sp³-hybridized carbons (Fsp3) is 0.818. The van der Waals surface area contributed by atoms with Gasteiger partial charge in [-0.15, -0.1) is 0 Å². The number of likely N-dealkylation sites (N-methyl/N-ethyl adjacent to an activating group) is 2. The first-order valence-electron chi connectivity index (χ1n) is 5.59.